The van der Waals surface area contributed by atoms with Crippen molar-refractivity contribution < 1.29 is 4.74 Å². The van der Waals surface area contributed by atoms with Gasteiger partial charge >= 0.3 is 0 Å². The Labute approximate surface area is 135 Å². The Morgan fingerprint density at radius 2 is 1.95 bits per heavy atom. The summed E-state index contributed by atoms with van der Waals surface area (Å²) in [7, 11) is 0. The Balaban J connectivity index is 2.14. The van der Waals surface area contributed by atoms with Gasteiger partial charge in [0.15, 0.2) is 0 Å². The number of halogens is 2. The molecular formula is C16H18Cl2N2O. The van der Waals surface area contributed by atoms with Crippen molar-refractivity contribution >= 4 is 23.2 Å². The van der Waals surface area contributed by atoms with Gasteiger partial charge in [-0.15, -0.1) is 0 Å². The van der Waals surface area contributed by atoms with Crippen LogP contribution in [0.25, 0.3) is 0 Å². The summed E-state index contributed by atoms with van der Waals surface area (Å²) in [5.41, 5.74) is 2.08. The molecule has 0 saturated heterocycles. The molecule has 0 aliphatic rings. The molecule has 0 atom stereocenters. The summed E-state index contributed by atoms with van der Waals surface area (Å²) in [4.78, 5) is 4.45. The molecule has 0 aliphatic heterocycles. The highest BCUT2D eigenvalue weighted by Gasteiger charge is 2.07. The first-order valence-electron chi connectivity index (χ1n) is 6.78. The molecule has 5 heteroatoms. The summed E-state index contributed by atoms with van der Waals surface area (Å²) in [5.74, 6) is 1.01. The number of nitrogens with zero attached hydrogens (tertiary/aromatic N) is 1. The fourth-order valence-electron chi connectivity index (χ4n) is 1.79. The number of benzene rings is 1. The van der Waals surface area contributed by atoms with E-state index in [0.29, 0.717) is 27.7 Å². The number of aryl methyl sites for hydroxylation is 1. The van der Waals surface area contributed by atoms with Crippen LogP contribution in [0.4, 0.5) is 0 Å². The summed E-state index contributed by atoms with van der Waals surface area (Å²) in [6, 6.07) is 9.37. The van der Waals surface area contributed by atoms with E-state index in [-0.39, 0.29) is 0 Å². The number of hydrogen-bond donors (Lipinski definition) is 1. The fourth-order valence-corrected chi connectivity index (χ4v) is 2.11. The highest BCUT2D eigenvalue weighted by molar-refractivity contribution is 6.34. The van der Waals surface area contributed by atoms with Gasteiger partial charge in [-0.05, 0) is 24.6 Å². The summed E-state index contributed by atoms with van der Waals surface area (Å²) in [5, 5.41) is 4.45. The summed E-state index contributed by atoms with van der Waals surface area (Å²) < 4.78 is 5.70. The quantitative estimate of drug-likeness (QED) is 0.841. The van der Waals surface area contributed by atoms with Crippen molar-refractivity contribution in [3.63, 3.8) is 0 Å². The van der Waals surface area contributed by atoms with E-state index in [4.69, 9.17) is 27.9 Å². The highest BCUT2D eigenvalue weighted by Crippen LogP contribution is 2.31. The molecule has 0 aliphatic carbocycles. The molecule has 0 spiro atoms. The molecule has 112 valence electrons. The number of nitrogens with one attached hydrogen (secondary N) is 1. The van der Waals surface area contributed by atoms with Crippen LogP contribution >= 0.6 is 23.2 Å². The van der Waals surface area contributed by atoms with Gasteiger partial charge in [-0.25, -0.2) is 4.98 Å². The van der Waals surface area contributed by atoms with Gasteiger partial charge in [0.25, 0.3) is 0 Å². The average molecular weight is 325 g/mol. The topological polar surface area (TPSA) is 34.1 Å². The first-order chi connectivity index (χ1) is 9.95. The molecule has 0 bridgehead atoms. The van der Waals surface area contributed by atoms with Crippen LogP contribution < -0.4 is 10.1 Å². The van der Waals surface area contributed by atoms with E-state index in [1.54, 1.807) is 18.2 Å². The van der Waals surface area contributed by atoms with Crippen molar-refractivity contribution in [2.24, 2.45) is 0 Å². The molecule has 1 heterocycles. The smallest absolute Gasteiger partial charge is 0.219 e. The van der Waals surface area contributed by atoms with E-state index in [0.717, 1.165) is 17.8 Å². The standard InChI is InChI=1S/C16H18Cl2N2O/c1-10(2)19-9-12-4-7-16(20-11(12)3)21-15-8-13(17)5-6-14(15)18/h4-8,10,19H,9H2,1-3H3. The van der Waals surface area contributed by atoms with Crippen molar-refractivity contribution in [1.29, 1.82) is 0 Å². The number of ether oxygens (including phenoxy) is 1. The Bertz CT molecular complexity index is 630. The highest BCUT2D eigenvalue weighted by atomic mass is 35.5. The SMILES string of the molecule is Cc1nc(Oc2cc(Cl)ccc2Cl)ccc1CNC(C)C. The molecule has 0 radical (unpaired) electrons. The van der Waals surface area contributed by atoms with E-state index in [2.05, 4.69) is 24.1 Å². The molecule has 1 aromatic carbocycles. The predicted octanol–water partition coefficient (Wildman–Crippen LogP) is 4.99. The van der Waals surface area contributed by atoms with E-state index in [9.17, 15) is 0 Å². The van der Waals surface area contributed by atoms with Crippen LogP contribution in [0.2, 0.25) is 10.0 Å². The molecule has 0 unspecified atom stereocenters. The van der Waals surface area contributed by atoms with Crippen molar-refractivity contribution in [1.82, 2.24) is 10.3 Å². The van der Waals surface area contributed by atoms with Gasteiger partial charge in [0.1, 0.15) is 5.75 Å². The molecule has 0 amide bonds. The summed E-state index contributed by atoms with van der Waals surface area (Å²) in [6.07, 6.45) is 0. The maximum Gasteiger partial charge on any atom is 0.219 e. The zero-order valence-electron chi connectivity index (χ0n) is 12.3. The van der Waals surface area contributed by atoms with E-state index in [1.807, 2.05) is 19.1 Å². The number of rotatable bonds is 5. The molecule has 21 heavy (non-hydrogen) atoms. The van der Waals surface area contributed by atoms with Crippen LogP contribution in [0, 0.1) is 6.92 Å². The lowest BCUT2D eigenvalue weighted by molar-refractivity contribution is 0.461. The third-order valence-electron chi connectivity index (χ3n) is 2.98. The average Bonchev–Trinajstić information content (AvgIpc) is 2.42. The zero-order chi connectivity index (χ0) is 15.4. The van der Waals surface area contributed by atoms with E-state index >= 15 is 0 Å². The Morgan fingerprint density at radius 1 is 1.19 bits per heavy atom. The van der Waals surface area contributed by atoms with Crippen molar-refractivity contribution in [2.45, 2.75) is 33.4 Å². The van der Waals surface area contributed by atoms with E-state index in [1.165, 1.54) is 0 Å². The minimum absolute atomic E-state index is 0.436. The normalized spacial score (nSPS) is 11.0. The third kappa shape index (κ3) is 4.60. The minimum Gasteiger partial charge on any atom is -0.437 e. The monoisotopic (exact) mass is 324 g/mol. The maximum atomic E-state index is 6.08. The molecule has 1 N–H and O–H groups in total. The molecule has 1 aromatic heterocycles. The van der Waals surface area contributed by atoms with Gasteiger partial charge in [0.05, 0.1) is 5.02 Å². The van der Waals surface area contributed by atoms with Crippen LogP contribution in [-0.2, 0) is 6.54 Å². The van der Waals surface area contributed by atoms with Crippen LogP contribution in [0.1, 0.15) is 25.1 Å². The van der Waals surface area contributed by atoms with Gasteiger partial charge < -0.3 is 10.1 Å². The van der Waals surface area contributed by atoms with Crippen LogP contribution in [0.5, 0.6) is 11.6 Å². The maximum absolute atomic E-state index is 6.08. The van der Waals surface area contributed by atoms with Crippen LogP contribution in [0.3, 0.4) is 0 Å². The largest absolute Gasteiger partial charge is 0.437 e. The molecule has 0 saturated carbocycles. The van der Waals surface area contributed by atoms with Crippen molar-refractivity contribution in [3.05, 3.63) is 51.6 Å². The van der Waals surface area contributed by atoms with E-state index < -0.39 is 0 Å². The van der Waals surface area contributed by atoms with Gasteiger partial charge in [-0.3, -0.25) is 0 Å². The first-order valence-corrected chi connectivity index (χ1v) is 7.54. The van der Waals surface area contributed by atoms with Gasteiger partial charge in [-0.2, -0.15) is 0 Å². The summed E-state index contributed by atoms with van der Waals surface area (Å²) >= 11 is 12.0. The van der Waals surface area contributed by atoms with Crippen molar-refractivity contribution in [2.75, 3.05) is 0 Å². The lowest BCUT2D eigenvalue weighted by Gasteiger charge is -2.12. The Hall–Kier alpha value is -1.29. The summed E-state index contributed by atoms with van der Waals surface area (Å²) in [6.45, 7) is 6.97. The van der Waals surface area contributed by atoms with Crippen molar-refractivity contribution in [3.8, 4) is 11.6 Å². The Kier molecular flexibility index (Phi) is 5.45. The molecular weight excluding hydrogens is 307 g/mol. The first kappa shape index (κ1) is 16.1. The Morgan fingerprint density at radius 3 is 2.62 bits per heavy atom. The molecule has 2 aromatic rings. The van der Waals surface area contributed by atoms with Crippen LogP contribution in [-0.4, -0.2) is 11.0 Å². The lowest BCUT2D eigenvalue weighted by atomic mass is 10.2. The molecule has 2 rings (SSSR count). The fraction of sp³-hybridized carbons (Fsp3) is 0.312. The number of pyridine rings is 1. The lowest BCUT2D eigenvalue weighted by Crippen LogP contribution is -2.22. The zero-order valence-corrected chi connectivity index (χ0v) is 13.8. The molecule has 0 fully saturated rings. The minimum atomic E-state index is 0.436. The van der Waals surface area contributed by atoms with Crippen LogP contribution in [0.15, 0.2) is 30.3 Å². The number of hydrogen-bond acceptors (Lipinski definition) is 3. The van der Waals surface area contributed by atoms with Gasteiger partial charge in [0, 0.05) is 35.4 Å². The number of aromatic nitrogens is 1. The second kappa shape index (κ2) is 7.12. The molecule has 3 nitrogen and oxygen atoms in total. The third-order valence-corrected chi connectivity index (χ3v) is 3.53. The second-order valence-electron chi connectivity index (χ2n) is 5.11. The predicted molar refractivity (Wildman–Crippen MR) is 87.5 cm³/mol. The van der Waals surface area contributed by atoms with Gasteiger partial charge in [0.2, 0.25) is 5.88 Å². The van der Waals surface area contributed by atoms with Gasteiger partial charge in [-0.1, -0.05) is 43.1 Å². The second-order valence-corrected chi connectivity index (χ2v) is 5.95.